The van der Waals surface area contributed by atoms with Crippen molar-refractivity contribution in [1.82, 2.24) is 10.3 Å². The summed E-state index contributed by atoms with van der Waals surface area (Å²) in [6.07, 6.45) is -1.94. The number of anilines is 1. The summed E-state index contributed by atoms with van der Waals surface area (Å²) in [6.45, 7) is 1.03. The number of nitrogens with zero attached hydrogens (tertiary/aromatic N) is 2. The van der Waals surface area contributed by atoms with Gasteiger partial charge in [0.05, 0.1) is 12.2 Å². The summed E-state index contributed by atoms with van der Waals surface area (Å²) >= 11 is 0. The summed E-state index contributed by atoms with van der Waals surface area (Å²) in [5, 5.41) is 3.43. The van der Waals surface area contributed by atoms with E-state index in [0.717, 1.165) is 30.7 Å². The first-order valence-electron chi connectivity index (χ1n) is 9.98. The van der Waals surface area contributed by atoms with E-state index in [-0.39, 0.29) is 17.5 Å². The molecule has 0 radical (unpaired) electrons. The Bertz CT molecular complexity index is 838. The zero-order valence-corrected chi connectivity index (χ0v) is 17.0. The normalized spacial score (nSPS) is 15.4. The molecule has 0 amide bonds. The van der Waals surface area contributed by atoms with Gasteiger partial charge in [-0.1, -0.05) is 6.07 Å². The van der Waals surface area contributed by atoms with Crippen LogP contribution in [0.5, 0.6) is 11.5 Å². The second-order valence-electron chi connectivity index (χ2n) is 7.14. The first kappa shape index (κ1) is 23.1. The summed E-state index contributed by atoms with van der Waals surface area (Å²) in [5.41, 5.74) is 0.112. The highest BCUT2D eigenvalue weighted by Gasteiger charge is 2.31. The highest BCUT2D eigenvalue weighted by Crippen LogP contribution is 2.31. The lowest BCUT2D eigenvalue weighted by Crippen LogP contribution is -2.42. The number of ether oxygens (including phenoxy) is 2. The molecule has 1 fully saturated rings. The Morgan fingerprint density at radius 2 is 1.87 bits per heavy atom. The van der Waals surface area contributed by atoms with Crippen molar-refractivity contribution >= 4 is 5.82 Å². The number of halogens is 5. The standard InChI is InChI=1S/C21H24F5N3O2/c1-2-30-18-11-14(3-5-17(18)31-20(22)23)12-27-16-7-9-29(10-8-16)19-6-4-15(13-28-19)21(24,25)26/h3-6,11,13,16,20,27H,2,7-10,12H2,1H3. The van der Waals surface area contributed by atoms with Crippen molar-refractivity contribution in [2.45, 2.75) is 45.1 Å². The summed E-state index contributed by atoms with van der Waals surface area (Å²) < 4.78 is 72.9. The zero-order valence-electron chi connectivity index (χ0n) is 17.0. The van der Waals surface area contributed by atoms with Crippen molar-refractivity contribution in [1.29, 1.82) is 0 Å². The molecule has 0 saturated carbocycles. The summed E-state index contributed by atoms with van der Waals surface area (Å²) in [7, 11) is 0. The van der Waals surface area contributed by atoms with Crippen molar-refractivity contribution in [2.75, 3.05) is 24.6 Å². The van der Waals surface area contributed by atoms with Gasteiger partial charge >= 0.3 is 12.8 Å². The maximum atomic E-state index is 12.7. The van der Waals surface area contributed by atoms with E-state index < -0.39 is 18.4 Å². The Morgan fingerprint density at radius 3 is 2.45 bits per heavy atom. The van der Waals surface area contributed by atoms with Gasteiger partial charge < -0.3 is 19.7 Å². The average molecular weight is 445 g/mol. The lowest BCUT2D eigenvalue weighted by molar-refractivity contribution is -0.137. The third kappa shape index (κ3) is 6.43. The SMILES string of the molecule is CCOc1cc(CNC2CCN(c3ccc(C(F)(F)F)cn3)CC2)ccc1OC(F)F. The molecule has 3 rings (SSSR count). The quantitative estimate of drug-likeness (QED) is 0.588. The topological polar surface area (TPSA) is 46.6 Å². The fraction of sp³-hybridized carbons (Fsp3) is 0.476. The molecule has 1 saturated heterocycles. The molecule has 1 aromatic carbocycles. The van der Waals surface area contributed by atoms with Crippen molar-refractivity contribution in [3.05, 3.63) is 47.7 Å². The maximum Gasteiger partial charge on any atom is 0.417 e. The fourth-order valence-corrected chi connectivity index (χ4v) is 3.44. The monoisotopic (exact) mass is 445 g/mol. The summed E-state index contributed by atoms with van der Waals surface area (Å²) in [5.74, 6) is 0.797. The Morgan fingerprint density at radius 1 is 1.13 bits per heavy atom. The van der Waals surface area contributed by atoms with Crippen LogP contribution in [0.3, 0.4) is 0 Å². The molecule has 170 valence electrons. The van der Waals surface area contributed by atoms with Crippen molar-refractivity contribution < 1.29 is 31.4 Å². The van der Waals surface area contributed by atoms with Crippen LogP contribution in [-0.2, 0) is 12.7 Å². The van der Waals surface area contributed by atoms with Gasteiger partial charge in [-0.2, -0.15) is 22.0 Å². The van der Waals surface area contributed by atoms with Crippen molar-refractivity contribution in [3.63, 3.8) is 0 Å². The molecule has 1 aliphatic heterocycles. The lowest BCUT2D eigenvalue weighted by Gasteiger charge is -2.33. The van der Waals surface area contributed by atoms with Crippen LogP contribution in [0.4, 0.5) is 27.8 Å². The predicted molar refractivity (Wildman–Crippen MR) is 106 cm³/mol. The van der Waals surface area contributed by atoms with Crippen molar-refractivity contribution in [2.24, 2.45) is 0 Å². The van der Waals surface area contributed by atoms with Crippen molar-refractivity contribution in [3.8, 4) is 11.5 Å². The van der Waals surface area contributed by atoms with Gasteiger partial charge in [-0.25, -0.2) is 4.98 Å². The number of piperidine rings is 1. The number of hydrogen-bond acceptors (Lipinski definition) is 5. The molecule has 0 spiro atoms. The number of rotatable bonds is 8. The van der Waals surface area contributed by atoms with Gasteiger partial charge in [-0.15, -0.1) is 0 Å². The Kier molecular flexibility index (Phi) is 7.53. The Hall–Kier alpha value is -2.62. The molecule has 0 unspecified atom stereocenters. The highest BCUT2D eigenvalue weighted by molar-refractivity contribution is 5.43. The van der Waals surface area contributed by atoms with Gasteiger partial charge in [0.1, 0.15) is 5.82 Å². The van der Waals surface area contributed by atoms with Gasteiger partial charge in [0, 0.05) is 31.9 Å². The van der Waals surface area contributed by atoms with Crippen LogP contribution < -0.4 is 19.7 Å². The van der Waals surface area contributed by atoms with Gasteiger partial charge in [0.2, 0.25) is 0 Å². The van der Waals surface area contributed by atoms with E-state index >= 15 is 0 Å². The van der Waals surface area contributed by atoms with Gasteiger partial charge in [0.25, 0.3) is 0 Å². The second kappa shape index (κ2) is 10.1. The number of nitrogens with one attached hydrogen (secondary N) is 1. The number of benzene rings is 1. The summed E-state index contributed by atoms with van der Waals surface area (Å²) in [6, 6.07) is 7.51. The molecule has 0 atom stereocenters. The van der Waals surface area contributed by atoms with E-state index in [4.69, 9.17) is 4.74 Å². The van der Waals surface area contributed by atoms with E-state index in [1.807, 2.05) is 4.90 Å². The first-order chi connectivity index (χ1) is 14.8. The van der Waals surface area contributed by atoms with Crippen LogP contribution in [0.2, 0.25) is 0 Å². The van der Waals surface area contributed by atoms with Gasteiger partial charge in [-0.05, 0) is 49.6 Å². The van der Waals surface area contributed by atoms with E-state index in [0.29, 0.717) is 32.1 Å². The number of alkyl halides is 5. The molecular formula is C21H24F5N3O2. The number of aromatic nitrogens is 1. The first-order valence-corrected chi connectivity index (χ1v) is 9.98. The molecule has 2 heterocycles. The Balaban J connectivity index is 1.51. The molecule has 1 aliphatic rings. The molecule has 0 bridgehead atoms. The lowest BCUT2D eigenvalue weighted by atomic mass is 10.0. The number of hydrogen-bond donors (Lipinski definition) is 1. The smallest absolute Gasteiger partial charge is 0.417 e. The van der Waals surface area contributed by atoms with Crippen LogP contribution in [0, 0.1) is 0 Å². The minimum atomic E-state index is -4.39. The number of pyridine rings is 1. The van der Waals surface area contributed by atoms with Gasteiger partial charge in [-0.3, -0.25) is 0 Å². The van der Waals surface area contributed by atoms with E-state index in [2.05, 4.69) is 15.0 Å². The van der Waals surface area contributed by atoms with Gasteiger partial charge in [0.15, 0.2) is 11.5 Å². The molecule has 2 aromatic rings. The minimum absolute atomic E-state index is 0.00190. The molecule has 0 aliphatic carbocycles. The third-order valence-corrected chi connectivity index (χ3v) is 5.01. The van der Waals surface area contributed by atoms with Crippen LogP contribution in [0.15, 0.2) is 36.5 Å². The fourth-order valence-electron chi connectivity index (χ4n) is 3.44. The zero-order chi connectivity index (χ0) is 22.4. The molecule has 5 nitrogen and oxygen atoms in total. The maximum absolute atomic E-state index is 12.7. The molecular weight excluding hydrogens is 421 g/mol. The average Bonchev–Trinajstić information content (AvgIpc) is 2.73. The largest absolute Gasteiger partial charge is 0.490 e. The minimum Gasteiger partial charge on any atom is -0.490 e. The van der Waals surface area contributed by atoms with Crippen LogP contribution in [-0.4, -0.2) is 37.3 Å². The third-order valence-electron chi connectivity index (χ3n) is 5.01. The molecule has 1 aromatic heterocycles. The van der Waals surface area contributed by atoms with Crippen LogP contribution >= 0.6 is 0 Å². The highest BCUT2D eigenvalue weighted by atomic mass is 19.4. The van der Waals surface area contributed by atoms with E-state index in [1.165, 1.54) is 12.1 Å². The van der Waals surface area contributed by atoms with Crippen LogP contribution in [0.25, 0.3) is 0 Å². The summed E-state index contributed by atoms with van der Waals surface area (Å²) in [4.78, 5) is 5.91. The molecule has 10 heteroatoms. The molecule has 1 N–H and O–H groups in total. The Labute approximate surface area is 177 Å². The predicted octanol–water partition coefficient (Wildman–Crippen LogP) is 4.86. The molecule has 31 heavy (non-hydrogen) atoms. The van der Waals surface area contributed by atoms with E-state index in [1.54, 1.807) is 19.1 Å². The van der Waals surface area contributed by atoms with E-state index in [9.17, 15) is 22.0 Å². The van der Waals surface area contributed by atoms with Crippen LogP contribution in [0.1, 0.15) is 30.9 Å². The second-order valence-corrected chi connectivity index (χ2v) is 7.14.